The molecule has 1 aromatic rings. The van der Waals surface area contributed by atoms with Crippen molar-refractivity contribution < 1.29 is 0 Å². The zero-order chi connectivity index (χ0) is 13.5. The van der Waals surface area contributed by atoms with Crippen molar-refractivity contribution in [2.75, 3.05) is 27.2 Å². The molecule has 0 saturated heterocycles. The monoisotopic (exact) mass is 288 g/mol. The molecule has 1 N–H and O–H groups in total. The van der Waals surface area contributed by atoms with E-state index < -0.39 is 0 Å². The predicted molar refractivity (Wildman–Crippen MR) is 80.8 cm³/mol. The summed E-state index contributed by atoms with van der Waals surface area (Å²) in [6.07, 6.45) is 2.11. The number of benzene rings is 1. The van der Waals surface area contributed by atoms with Crippen molar-refractivity contribution in [2.45, 2.75) is 25.8 Å². The van der Waals surface area contributed by atoms with Crippen molar-refractivity contribution in [2.24, 2.45) is 0 Å². The minimum atomic E-state index is 0.481. The van der Waals surface area contributed by atoms with Gasteiger partial charge in [-0.1, -0.05) is 36.2 Å². The van der Waals surface area contributed by atoms with Crippen LogP contribution in [0.3, 0.4) is 0 Å². The summed E-state index contributed by atoms with van der Waals surface area (Å²) in [5.74, 6) is 0. The Morgan fingerprint density at radius 3 is 2.50 bits per heavy atom. The minimum absolute atomic E-state index is 0.481. The maximum Gasteiger partial charge on any atom is 0.0595 e. The second kappa shape index (κ2) is 8.00. The second-order valence-electron chi connectivity index (χ2n) is 4.80. The van der Waals surface area contributed by atoms with Crippen molar-refractivity contribution in [1.29, 1.82) is 0 Å². The van der Waals surface area contributed by atoms with Gasteiger partial charge >= 0.3 is 0 Å². The van der Waals surface area contributed by atoms with Crippen LogP contribution in [0.1, 0.15) is 18.9 Å². The van der Waals surface area contributed by atoms with E-state index in [4.69, 9.17) is 23.2 Å². The summed E-state index contributed by atoms with van der Waals surface area (Å²) in [5.41, 5.74) is 1.23. The number of nitrogens with one attached hydrogen (secondary N) is 1. The third-order valence-electron chi connectivity index (χ3n) is 2.88. The first-order chi connectivity index (χ1) is 8.52. The van der Waals surface area contributed by atoms with Crippen LogP contribution in [0.15, 0.2) is 18.2 Å². The van der Waals surface area contributed by atoms with Gasteiger partial charge in [-0.2, -0.15) is 0 Å². The Kier molecular flexibility index (Phi) is 7.02. The van der Waals surface area contributed by atoms with Gasteiger partial charge in [0.05, 0.1) is 10.0 Å². The molecule has 0 amide bonds. The average molecular weight is 289 g/mol. The maximum absolute atomic E-state index is 6.04. The molecule has 0 spiro atoms. The van der Waals surface area contributed by atoms with E-state index in [1.165, 1.54) is 5.56 Å². The van der Waals surface area contributed by atoms with E-state index in [1.54, 1.807) is 0 Å². The molecule has 0 aliphatic carbocycles. The summed E-state index contributed by atoms with van der Waals surface area (Å²) < 4.78 is 0. The molecule has 4 heteroatoms. The van der Waals surface area contributed by atoms with E-state index in [0.29, 0.717) is 16.1 Å². The lowest BCUT2D eigenvalue weighted by Gasteiger charge is -2.20. The quantitative estimate of drug-likeness (QED) is 0.827. The van der Waals surface area contributed by atoms with Crippen LogP contribution in [0.25, 0.3) is 0 Å². The van der Waals surface area contributed by atoms with Gasteiger partial charge in [0.1, 0.15) is 0 Å². The normalized spacial score (nSPS) is 13.0. The number of rotatable bonds is 7. The summed E-state index contributed by atoms with van der Waals surface area (Å²) in [6.45, 7) is 4.20. The first-order valence-electron chi connectivity index (χ1n) is 6.35. The molecule has 2 nitrogen and oxygen atoms in total. The summed E-state index contributed by atoms with van der Waals surface area (Å²) in [5, 5.41) is 4.77. The zero-order valence-corrected chi connectivity index (χ0v) is 12.9. The lowest BCUT2D eigenvalue weighted by Crippen LogP contribution is -2.34. The molecule has 0 aliphatic rings. The number of hydrogen-bond acceptors (Lipinski definition) is 2. The summed E-state index contributed by atoms with van der Waals surface area (Å²) >= 11 is 12.0. The average Bonchev–Trinajstić information content (AvgIpc) is 2.31. The zero-order valence-electron chi connectivity index (χ0n) is 11.3. The first-order valence-corrected chi connectivity index (χ1v) is 7.10. The van der Waals surface area contributed by atoms with Crippen LogP contribution in [0.4, 0.5) is 0 Å². The van der Waals surface area contributed by atoms with E-state index in [2.05, 4.69) is 31.2 Å². The molecule has 0 radical (unpaired) electrons. The van der Waals surface area contributed by atoms with Crippen LogP contribution in [0, 0.1) is 0 Å². The Bertz CT molecular complexity index is 367. The van der Waals surface area contributed by atoms with E-state index in [-0.39, 0.29) is 0 Å². The number of nitrogens with zero attached hydrogens (tertiary/aromatic N) is 1. The molecule has 1 atom stereocenters. The molecule has 18 heavy (non-hydrogen) atoms. The first kappa shape index (κ1) is 15.8. The maximum atomic E-state index is 6.04. The number of hydrogen-bond donors (Lipinski definition) is 1. The third-order valence-corrected chi connectivity index (χ3v) is 3.62. The molecule has 1 rings (SSSR count). The fourth-order valence-corrected chi connectivity index (χ4v) is 2.25. The van der Waals surface area contributed by atoms with Crippen molar-refractivity contribution in [3.05, 3.63) is 33.8 Å². The van der Waals surface area contributed by atoms with Gasteiger partial charge in [-0.3, -0.25) is 0 Å². The van der Waals surface area contributed by atoms with Crippen molar-refractivity contribution in [3.63, 3.8) is 0 Å². The Balaban J connectivity index is 2.61. The lowest BCUT2D eigenvalue weighted by molar-refractivity contribution is 0.358. The van der Waals surface area contributed by atoms with Gasteiger partial charge in [0, 0.05) is 6.04 Å². The number of halogens is 2. The van der Waals surface area contributed by atoms with Crippen molar-refractivity contribution in [3.8, 4) is 0 Å². The predicted octanol–water partition coefficient (Wildman–Crippen LogP) is 3.47. The lowest BCUT2D eigenvalue weighted by atomic mass is 10.0. The van der Waals surface area contributed by atoms with Crippen LogP contribution >= 0.6 is 23.2 Å². The summed E-state index contributed by atoms with van der Waals surface area (Å²) in [4.78, 5) is 2.21. The largest absolute Gasteiger partial charge is 0.314 e. The van der Waals surface area contributed by atoms with Gasteiger partial charge in [-0.25, -0.2) is 0 Å². The Labute approximate surface area is 120 Å². The van der Waals surface area contributed by atoms with Gasteiger partial charge in [0.2, 0.25) is 0 Å². The standard InChI is InChI=1S/C14H22Cl2N2/c1-4-17-12(7-8-18(2)3)9-11-5-6-13(15)14(16)10-11/h5-6,10,12,17H,4,7-9H2,1-3H3. The molecule has 0 aliphatic heterocycles. The fraction of sp³-hybridized carbons (Fsp3) is 0.571. The van der Waals surface area contributed by atoms with E-state index >= 15 is 0 Å². The topological polar surface area (TPSA) is 15.3 Å². The van der Waals surface area contributed by atoms with Gasteiger partial charge in [-0.15, -0.1) is 0 Å². The van der Waals surface area contributed by atoms with Gasteiger partial charge < -0.3 is 10.2 Å². The molecule has 0 saturated carbocycles. The molecule has 102 valence electrons. The van der Waals surface area contributed by atoms with E-state index in [1.807, 2.05) is 18.2 Å². The molecule has 1 unspecified atom stereocenters. The molecule has 0 aromatic heterocycles. The Hall–Kier alpha value is -0.280. The van der Waals surface area contributed by atoms with E-state index in [0.717, 1.165) is 25.9 Å². The highest BCUT2D eigenvalue weighted by atomic mass is 35.5. The number of likely N-dealkylation sites (N-methyl/N-ethyl adjacent to an activating group) is 1. The Morgan fingerprint density at radius 2 is 1.94 bits per heavy atom. The van der Waals surface area contributed by atoms with Crippen molar-refractivity contribution in [1.82, 2.24) is 10.2 Å². The minimum Gasteiger partial charge on any atom is -0.314 e. The molecular formula is C14H22Cl2N2. The highest BCUT2D eigenvalue weighted by Gasteiger charge is 2.10. The highest BCUT2D eigenvalue weighted by Crippen LogP contribution is 2.23. The molecule has 0 heterocycles. The second-order valence-corrected chi connectivity index (χ2v) is 5.61. The smallest absolute Gasteiger partial charge is 0.0595 e. The summed E-state index contributed by atoms with van der Waals surface area (Å²) in [7, 11) is 4.20. The van der Waals surface area contributed by atoms with Gasteiger partial charge in [0.15, 0.2) is 0 Å². The van der Waals surface area contributed by atoms with Crippen molar-refractivity contribution >= 4 is 23.2 Å². The molecule has 0 bridgehead atoms. The summed E-state index contributed by atoms with van der Waals surface area (Å²) in [6, 6.07) is 6.36. The van der Waals surface area contributed by atoms with Crippen LogP contribution in [-0.4, -0.2) is 38.1 Å². The van der Waals surface area contributed by atoms with Gasteiger partial charge in [-0.05, 0) is 57.7 Å². The SMILES string of the molecule is CCNC(CCN(C)C)Cc1ccc(Cl)c(Cl)c1. The fourth-order valence-electron chi connectivity index (χ4n) is 1.93. The van der Waals surface area contributed by atoms with Crippen LogP contribution in [0.5, 0.6) is 0 Å². The van der Waals surface area contributed by atoms with Crippen LogP contribution in [-0.2, 0) is 6.42 Å². The molecule has 1 aromatic carbocycles. The highest BCUT2D eigenvalue weighted by molar-refractivity contribution is 6.42. The van der Waals surface area contributed by atoms with Crippen LogP contribution in [0.2, 0.25) is 10.0 Å². The van der Waals surface area contributed by atoms with Gasteiger partial charge in [0.25, 0.3) is 0 Å². The van der Waals surface area contributed by atoms with Crippen LogP contribution < -0.4 is 5.32 Å². The Morgan fingerprint density at radius 1 is 1.22 bits per heavy atom. The molecule has 0 fully saturated rings. The van der Waals surface area contributed by atoms with E-state index in [9.17, 15) is 0 Å². The molecular weight excluding hydrogens is 267 g/mol. The third kappa shape index (κ3) is 5.57.